The maximum Gasteiger partial charge on any atom is 0.253 e. The highest BCUT2D eigenvalue weighted by molar-refractivity contribution is 7.19. The van der Waals surface area contributed by atoms with E-state index in [1.54, 1.807) is 17.5 Å². The van der Waals surface area contributed by atoms with Crippen LogP contribution in [-0.4, -0.2) is 22.4 Å². The Morgan fingerprint density at radius 2 is 2.00 bits per heavy atom. The van der Waals surface area contributed by atoms with E-state index in [0.29, 0.717) is 6.54 Å². The average molecular weight is 371 g/mol. The predicted molar refractivity (Wildman–Crippen MR) is 111 cm³/mol. The number of H-pyrrole nitrogens is 1. The normalized spacial score (nSPS) is 13.9. The molecule has 0 atom stereocenters. The molecule has 4 nitrogen and oxygen atoms in total. The lowest BCUT2D eigenvalue weighted by molar-refractivity contribution is 0.0946. The number of thiophene rings is 1. The van der Waals surface area contributed by atoms with Crippen molar-refractivity contribution >= 4 is 39.5 Å². The lowest BCUT2D eigenvalue weighted by Crippen LogP contribution is -2.31. The number of aromatic nitrogens is 2. The van der Waals surface area contributed by atoms with Crippen LogP contribution in [0.3, 0.4) is 0 Å². The molecule has 0 bridgehead atoms. The number of amides is 1. The summed E-state index contributed by atoms with van der Waals surface area (Å²) in [5.74, 6) is -0.00214. The highest BCUT2D eigenvalue weighted by atomic mass is 32.1. The van der Waals surface area contributed by atoms with Gasteiger partial charge < -0.3 is 10.3 Å². The smallest absolute Gasteiger partial charge is 0.253 e. The van der Waals surface area contributed by atoms with Gasteiger partial charge in [0, 0.05) is 45.7 Å². The lowest BCUT2D eigenvalue weighted by atomic mass is 10.1. The van der Waals surface area contributed by atoms with Gasteiger partial charge in [-0.15, -0.1) is 11.3 Å². The van der Waals surface area contributed by atoms with E-state index < -0.39 is 0 Å². The number of carbonyl (C=O) groups is 1. The van der Waals surface area contributed by atoms with Gasteiger partial charge in [0.15, 0.2) is 0 Å². The fourth-order valence-corrected chi connectivity index (χ4v) is 4.38. The first-order valence-electron chi connectivity index (χ1n) is 8.89. The van der Waals surface area contributed by atoms with Crippen molar-refractivity contribution < 1.29 is 4.79 Å². The van der Waals surface area contributed by atoms with E-state index in [-0.39, 0.29) is 5.91 Å². The van der Waals surface area contributed by atoms with Crippen molar-refractivity contribution in [3.8, 4) is 11.3 Å². The predicted octanol–water partition coefficient (Wildman–Crippen LogP) is 4.75. The van der Waals surface area contributed by atoms with Crippen LogP contribution in [0.1, 0.15) is 26.6 Å². The molecule has 0 fully saturated rings. The van der Waals surface area contributed by atoms with Gasteiger partial charge in [0.1, 0.15) is 0 Å². The minimum Gasteiger partial charge on any atom is -0.358 e. The number of nitrogens with one attached hydrogen (secondary N) is 2. The summed E-state index contributed by atoms with van der Waals surface area (Å²) in [6.07, 6.45) is 6.78. The molecular weight excluding hydrogens is 354 g/mol. The molecule has 2 N–H and O–H groups in total. The van der Waals surface area contributed by atoms with Gasteiger partial charge in [-0.1, -0.05) is 18.2 Å². The first-order valence-corrected chi connectivity index (χ1v) is 9.71. The second-order valence-electron chi connectivity index (χ2n) is 6.57. The van der Waals surface area contributed by atoms with Crippen LogP contribution in [0.4, 0.5) is 0 Å². The quantitative estimate of drug-likeness (QED) is 0.546. The van der Waals surface area contributed by atoms with Gasteiger partial charge in [-0.3, -0.25) is 9.78 Å². The number of hydrogen-bond donors (Lipinski definition) is 2. The van der Waals surface area contributed by atoms with E-state index in [4.69, 9.17) is 0 Å². The van der Waals surface area contributed by atoms with E-state index in [1.165, 1.54) is 15.0 Å². The molecule has 1 aliphatic rings. The number of aromatic amines is 1. The molecule has 27 heavy (non-hydrogen) atoms. The fourth-order valence-electron chi connectivity index (χ4n) is 3.41. The molecule has 0 saturated carbocycles. The van der Waals surface area contributed by atoms with Crippen LogP contribution in [0.15, 0.2) is 54.7 Å². The van der Waals surface area contributed by atoms with Gasteiger partial charge in [0.2, 0.25) is 0 Å². The zero-order chi connectivity index (χ0) is 18.2. The van der Waals surface area contributed by atoms with Crippen molar-refractivity contribution in [1.82, 2.24) is 15.3 Å². The third-order valence-corrected chi connectivity index (χ3v) is 5.84. The second-order valence-corrected chi connectivity index (χ2v) is 7.69. The van der Waals surface area contributed by atoms with Crippen LogP contribution < -0.4 is 5.32 Å². The Bertz CT molecular complexity index is 1150. The van der Waals surface area contributed by atoms with E-state index in [2.05, 4.69) is 51.7 Å². The third-order valence-electron chi connectivity index (χ3n) is 4.76. The van der Waals surface area contributed by atoms with E-state index in [0.717, 1.165) is 34.6 Å². The maximum atomic E-state index is 12.0. The molecule has 0 saturated heterocycles. The summed E-state index contributed by atoms with van der Waals surface area (Å²) in [7, 11) is 0. The SMILES string of the molecule is O=C1NCCc2[nH]c(-c3ccnc(/C=C/c4cc5ccccc5s4)c3)cc21. The summed E-state index contributed by atoms with van der Waals surface area (Å²) in [5.41, 5.74) is 4.63. The molecule has 0 unspecified atom stereocenters. The molecule has 132 valence electrons. The number of rotatable bonds is 3. The van der Waals surface area contributed by atoms with Gasteiger partial charge in [-0.2, -0.15) is 0 Å². The van der Waals surface area contributed by atoms with Crippen molar-refractivity contribution in [2.24, 2.45) is 0 Å². The van der Waals surface area contributed by atoms with Crippen molar-refractivity contribution in [3.63, 3.8) is 0 Å². The van der Waals surface area contributed by atoms with Crippen molar-refractivity contribution in [3.05, 3.63) is 76.6 Å². The molecule has 0 aliphatic carbocycles. The van der Waals surface area contributed by atoms with Gasteiger partial charge in [0.05, 0.1) is 11.3 Å². The minimum atomic E-state index is -0.00214. The van der Waals surface area contributed by atoms with Crippen molar-refractivity contribution in [2.75, 3.05) is 6.54 Å². The van der Waals surface area contributed by atoms with Crippen LogP contribution in [0.5, 0.6) is 0 Å². The molecule has 4 heterocycles. The molecule has 5 heteroatoms. The molecule has 3 aromatic heterocycles. The van der Waals surface area contributed by atoms with Gasteiger partial charge in [-0.25, -0.2) is 0 Å². The number of hydrogen-bond acceptors (Lipinski definition) is 3. The first-order chi connectivity index (χ1) is 13.3. The molecule has 1 aliphatic heterocycles. The second kappa shape index (κ2) is 6.52. The van der Waals surface area contributed by atoms with E-state index in [9.17, 15) is 4.79 Å². The largest absolute Gasteiger partial charge is 0.358 e. The Hall–Kier alpha value is -3.18. The Balaban J connectivity index is 1.44. The highest BCUT2D eigenvalue weighted by Crippen LogP contribution is 2.27. The van der Waals surface area contributed by atoms with Crippen LogP contribution in [0.2, 0.25) is 0 Å². The van der Waals surface area contributed by atoms with Gasteiger partial charge in [0.25, 0.3) is 5.91 Å². The molecule has 0 radical (unpaired) electrons. The fraction of sp³-hybridized carbons (Fsp3) is 0.0909. The van der Waals surface area contributed by atoms with Crippen LogP contribution in [0, 0.1) is 0 Å². The summed E-state index contributed by atoms with van der Waals surface area (Å²) in [6.45, 7) is 0.686. The Kier molecular flexibility index (Phi) is 3.87. The maximum absolute atomic E-state index is 12.0. The van der Waals surface area contributed by atoms with Crippen LogP contribution in [0.25, 0.3) is 33.5 Å². The number of benzene rings is 1. The van der Waals surface area contributed by atoms with Crippen LogP contribution in [-0.2, 0) is 6.42 Å². The Morgan fingerprint density at radius 3 is 2.89 bits per heavy atom. The highest BCUT2D eigenvalue weighted by Gasteiger charge is 2.19. The standard InChI is InChI=1S/C22H17N3OS/c26-22-18-13-20(25-19(18)8-10-24-22)14-7-9-23-16(11-14)5-6-17-12-15-3-1-2-4-21(15)27-17/h1-7,9,11-13,25H,8,10H2,(H,24,26)/b6-5+. The minimum absolute atomic E-state index is 0.00214. The molecule has 0 spiro atoms. The molecular formula is C22H17N3OS. The first kappa shape index (κ1) is 16.0. The van der Waals surface area contributed by atoms with Crippen molar-refractivity contribution in [1.29, 1.82) is 0 Å². The topological polar surface area (TPSA) is 57.8 Å². The monoisotopic (exact) mass is 371 g/mol. The molecule has 4 aromatic rings. The zero-order valence-electron chi connectivity index (χ0n) is 14.5. The summed E-state index contributed by atoms with van der Waals surface area (Å²) in [4.78, 5) is 21.0. The lowest BCUT2D eigenvalue weighted by Gasteiger charge is -2.10. The van der Waals surface area contributed by atoms with Gasteiger partial charge in [-0.05, 0) is 47.9 Å². The summed E-state index contributed by atoms with van der Waals surface area (Å²) < 4.78 is 1.29. The molecule has 5 rings (SSSR count). The number of pyridine rings is 1. The number of nitrogens with zero attached hydrogens (tertiary/aromatic N) is 1. The Labute approximate surface area is 160 Å². The Morgan fingerprint density at radius 1 is 1.07 bits per heavy atom. The summed E-state index contributed by atoms with van der Waals surface area (Å²) in [6, 6.07) is 16.5. The molecule has 1 amide bonds. The third kappa shape index (κ3) is 3.06. The summed E-state index contributed by atoms with van der Waals surface area (Å²) >= 11 is 1.77. The number of carbonyl (C=O) groups excluding carboxylic acids is 1. The summed E-state index contributed by atoms with van der Waals surface area (Å²) in [5, 5.41) is 4.15. The zero-order valence-corrected chi connectivity index (χ0v) is 15.3. The van der Waals surface area contributed by atoms with E-state index in [1.807, 2.05) is 24.3 Å². The number of fused-ring (bicyclic) bond motifs is 2. The van der Waals surface area contributed by atoms with Gasteiger partial charge >= 0.3 is 0 Å². The van der Waals surface area contributed by atoms with Crippen LogP contribution >= 0.6 is 11.3 Å². The van der Waals surface area contributed by atoms with Crippen molar-refractivity contribution in [2.45, 2.75) is 6.42 Å². The van der Waals surface area contributed by atoms with E-state index >= 15 is 0 Å². The average Bonchev–Trinajstić information content (AvgIpc) is 3.31. The molecule has 1 aromatic carbocycles.